The predicted molar refractivity (Wildman–Crippen MR) is 50.8 cm³/mol. The first-order valence-corrected chi connectivity index (χ1v) is 5.98. The molecule has 0 amide bonds. The standard InChI is InChI=1S/C7H18N2O2S/c1-3-12(10,11)5-4-9-7(2)6-8/h7,9H,3-6,8H2,1-2H3. The van der Waals surface area contributed by atoms with Crippen molar-refractivity contribution in [2.75, 3.05) is 24.6 Å². The molecule has 0 aromatic rings. The van der Waals surface area contributed by atoms with Crippen LogP contribution in [0, 0.1) is 0 Å². The van der Waals surface area contributed by atoms with Gasteiger partial charge in [0, 0.05) is 24.9 Å². The fraction of sp³-hybridized carbons (Fsp3) is 1.00. The van der Waals surface area contributed by atoms with Gasteiger partial charge in [-0.05, 0) is 6.92 Å². The van der Waals surface area contributed by atoms with E-state index >= 15 is 0 Å². The highest BCUT2D eigenvalue weighted by Crippen LogP contribution is 1.87. The van der Waals surface area contributed by atoms with E-state index in [0.717, 1.165) is 0 Å². The highest BCUT2D eigenvalue weighted by atomic mass is 32.2. The Bertz CT molecular complexity index is 201. The topological polar surface area (TPSA) is 72.2 Å². The molecule has 0 aromatic heterocycles. The van der Waals surface area contributed by atoms with Crippen LogP contribution in [0.1, 0.15) is 13.8 Å². The molecule has 1 atom stereocenters. The third-order valence-electron chi connectivity index (χ3n) is 1.70. The Hall–Kier alpha value is -0.130. The Morgan fingerprint density at radius 1 is 1.50 bits per heavy atom. The maximum atomic E-state index is 11.0. The molecule has 0 aliphatic rings. The van der Waals surface area contributed by atoms with Gasteiger partial charge in [-0.25, -0.2) is 8.42 Å². The maximum absolute atomic E-state index is 11.0. The summed E-state index contributed by atoms with van der Waals surface area (Å²) in [6, 6.07) is 0.192. The van der Waals surface area contributed by atoms with E-state index in [1.165, 1.54) is 0 Å². The van der Waals surface area contributed by atoms with E-state index in [1.54, 1.807) is 6.92 Å². The van der Waals surface area contributed by atoms with Crippen LogP contribution < -0.4 is 11.1 Å². The molecule has 1 unspecified atom stereocenters. The van der Waals surface area contributed by atoms with Gasteiger partial charge in [0.05, 0.1) is 5.75 Å². The Morgan fingerprint density at radius 2 is 2.08 bits per heavy atom. The molecule has 0 bridgehead atoms. The summed E-state index contributed by atoms with van der Waals surface area (Å²) in [4.78, 5) is 0. The summed E-state index contributed by atoms with van der Waals surface area (Å²) >= 11 is 0. The van der Waals surface area contributed by atoms with E-state index in [2.05, 4.69) is 5.32 Å². The molecule has 0 aliphatic heterocycles. The number of hydrogen-bond donors (Lipinski definition) is 2. The minimum atomic E-state index is -2.83. The average Bonchev–Trinajstić information content (AvgIpc) is 2.04. The maximum Gasteiger partial charge on any atom is 0.151 e. The summed E-state index contributed by atoms with van der Waals surface area (Å²) in [5.74, 6) is 0.416. The fourth-order valence-corrected chi connectivity index (χ4v) is 1.41. The molecule has 0 saturated heterocycles. The number of hydrogen-bond acceptors (Lipinski definition) is 4. The summed E-state index contributed by atoms with van der Waals surface area (Å²) in [6.07, 6.45) is 0. The molecule has 12 heavy (non-hydrogen) atoms. The second-order valence-corrected chi connectivity index (χ2v) is 5.30. The summed E-state index contributed by atoms with van der Waals surface area (Å²) in [5, 5.41) is 3.02. The van der Waals surface area contributed by atoms with Crippen molar-refractivity contribution >= 4 is 9.84 Å². The smallest absolute Gasteiger partial charge is 0.151 e. The van der Waals surface area contributed by atoms with Crippen LogP contribution in [-0.2, 0) is 9.84 Å². The second kappa shape index (κ2) is 5.50. The van der Waals surface area contributed by atoms with Crippen LogP contribution in [-0.4, -0.2) is 39.1 Å². The molecule has 0 aromatic carbocycles. The first-order valence-electron chi connectivity index (χ1n) is 4.15. The third-order valence-corrected chi connectivity index (χ3v) is 3.41. The van der Waals surface area contributed by atoms with E-state index in [4.69, 9.17) is 5.73 Å². The Labute approximate surface area is 74.4 Å². The summed E-state index contributed by atoms with van der Waals surface area (Å²) in [7, 11) is -2.83. The van der Waals surface area contributed by atoms with Gasteiger partial charge in [0.1, 0.15) is 0 Å². The number of rotatable bonds is 6. The van der Waals surface area contributed by atoms with Gasteiger partial charge in [0.2, 0.25) is 0 Å². The molecule has 0 saturated carbocycles. The van der Waals surface area contributed by atoms with Crippen molar-refractivity contribution in [3.63, 3.8) is 0 Å². The SMILES string of the molecule is CCS(=O)(=O)CCNC(C)CN. The molecule has 0 rings (SSSR count). The van der Waals surface area contributed by atoms with Gasteiger partial charge < -0.3 is 11.1 Å². The lowest BCUT2D eigenvalue weighted by Crippen LogP contribution is -2.36. The Morgan fingerprint density at radius 3 is 2.50 bits per heavy atom. The molecule has 5 heteroatoms. The Kier molecular flexibility index (Phi) is 5.44. The van der Waals surface area contributed by atoms with Crippen LogP contribution in [0.4, 0.5) is 0 Å². The second-order valence-electron chi connectivity index (χ2n) is 2.83. The van der Waals surface area contributed by atoms with Crippen LogP contribution >= 0.6 is 0 Å². The zero-order valence-corrected chi connectivity index (χ0v) is 8.52. The molecule has 4 nitrogen and oxygen atoms in total. The number of sulfone groups is 1. The molecule has 0 aliphatic carbocycles. The first-order chi connectivity index (χ1) is 5.52. The minimum Gasteiger partial charge on any atom is -0.329 e. The normalized spacial score (nSPS) is 14.6. The predicted octanol–water partition coefficient (Wildman–Crippen LogP) is -0.642. The van der Waals surface area contributed by atoms with Crippen LogP contribution in [0.3, 0.4) is 0 Å². The van der Waals surface area contributed by atoms with E-state index in [0.29, 0.717) is 13.1 Å². The number of nitrogens with one attached hydrogen (secondary N) is 1. The zero-order chi connectivity index (χ0) is 9.61. The molecule has 0 spiro atoms. The third kappa shape index (κ3) is 5.51. The van der Waals surface area contributed by atoms with Gasteiger partial charge in [-0.1, -0.05) is 6.92 Å². The van der Waals surface area contributed by atoms with Gasteiger partial charge in [-0.2, -0.15) is 0 Å². The first kappa shape index (κ1) is 11.9. The van der Waals surface area contributed by atoms with Crippen molar-refractivity contribution in [2.24, 2.45) is 5.73 Å². The number of nitrogens with two attached hydrogens (primary N) is 1. The van der Waals surface area contributed by atoms with Gasteiger partial charge in [0.15, 0.2) is 9.84 Å². The van der Waals surface area contributed by atoms with Crippen molar-refractivity contribution in [3.05, 3.63) is 0 Å². The molecular weight excluding hydrogens is 176 g/mol. The molecule has 0 fully saturated rings. The van der Waals surface area contributed by atoms with Crippen molar-refractivity contribution < 1.29 is 8.42 Å². The minimum absolute atomic E-state index is 0.192. The van der Waals surface area contributed by atoms with E-state index < -0.39 is 9.84 Å². The van der Waals surface area contributed by atoms with E-state index in [1.807, 2.05) is 6.92 Å². The van der Waals surface area contributed by atoms with Crippen LogP contribution in [0.15, 0.2) is 0 Å². The fourth-order valence-electron chi connectivity index (χ4n) is 0.688. The average molecular weight is 194 g/mol. The van der Waals surface area contributed by atoms with E-state index in [-0.39, 0.29) is 17.5 Å². The van der Waals surface area contributed by atoms with Crippen LogP contribution in [0.2, 0.25) is 0 Å². The van der Waals surface area contributed by atoms with Crippen LogP contribution in [0.5, 0.6) is 0 Å². The lowest BCUT2D eigenvalue weighted by Gasteiger charge is -2.10. The summed E-state index contributed by atoms with van der Waals surface area (Å²) in [5.41, 5.74) is 5.34. The molecule has 3 N–H and O–H groups in total. The van der Waals surface area contributed by atoms with Crippen molar-refractivity contribution in [2.45, 2.75) is 19.9 Å². The quantitative estimate of drug-likeness (QED) is 0.590. The van der Waals surface area contributed by atoms with Crippen molar-refractivity contribution in [1.29, 1.82) is 0 Å². The summed E-state index contributed by atoms with van der Waals surface area (Å²) < 4.78 is 22.0. The monoisotopic (exact) mass is 194 g/mol. The summed E-state index contributed by atoms with van der Waals surface area (Å²) in [6.45, 7) is 4.61. The lowest BCUT2D eigenvalue weighted by molar-refractivity contribution is 0.562. The molecule has 0 heterocycles. The molecule has 0 radical (unpaired) electrons. The zero-order valence-electron chi connectivity index (χ0n) is 7.71. The molecule has 74 valence electrons. The lowest BCUT2D eigenvalue weighted by atomic mass is 10.3. The van der Waals surface area contributed by atoms with Gasteiger partial charge in [-0.15, -0.1) is 0 Å². The van der Waals surface area contributed by atoms with Crippen molar-refractivity contribution in [3.8, 4) is 0 Å². The highest BCUT2D eigenvalue weighted by Gasteiger charge is 2.06. The van der Waals surface area contributed by atoms with Crippen LogP contribution in [0.25, 0.3) is 0 Å². The van der Waals surface area contributed by atoms with Crippen molar-refractivity contribution in [1.82, 2.24) is 5.32 Å². The van der Waals surface area contributed by atoms with Gasteiger partial charge >= 0.3 is 0 Å². The Balaban J connectivity index is 3.57. The van der Waals surface area contributed by atoms with Gasteiger partial charge in [-0.3, -0.25) is 0 Å². The molecular formula is C7H18N2O2S. The van der Waals surface area contributed by atoms with E-state index in [9.17, 15) is 8.42 Å². The highest BCUT2D eigenvalue weighted by molar-refractivity contribution is 7.91. The largest absolute Gasteiger partial charge is 0.329 e. The van der Waals surface area contributed by atoms with Gasteiger partial charge in [0.25, 0.3) is 0 Å².